The third-order valence-corrected chi connectivity index (χ3v) is 4.69. The van der Waals surface area contributed by atoms with Gasteiger partial charge in [-0.2, -0.15) is 0 Å². The molecule has 0 heterocycles. The Morgan fingerprint density at radius 3 is 2.30 bits per heavy atom. The van der Waals surface area contributed by atoms with Gasteiger partial charge in [0.1, 0.15) is 5.02 Å². The van der Waals surface area contributed by atoms with Crippen molar-refractivity contribution in [2.75, 3.05) is 0 Å². The number of nitro groups is 1. The minimum atomic E-state index is -3.65. The predicted octanol–water partition coefficient (Wildman–Crippen LogP) is 3.22. The molecule has 0 radical (unpaired) electrons. The van der Waals surface area contributed by atoms with Crippen molar-refractivity contribution in [1.82, 2.24) is 0 Å². The van der Waals surface area contributed by atoms with E-state index in [-0.39, 0.29) is 21.2 Å². The number of halogens is 1. The molecule has 0 fully saturated rings. The normalized spacial score (nSPS) is 11.2. The van der Waals surface area contributed by atoms with E-state index in [0.717, 1.165) is 0 Å². The first-order valence-electron chi connectivity index (χ1n) is 5.61. The molecular weight excluding hydrogens is 302 g/mol. The third kappa shape index (κ3) is 2.97. The lowest BCUT2D eigenvalue weighted by molar-refractivity contribution is -0.385. The Kier molecular flexibility index (Phi) is 4.06. The lowest BCUT2D eigenvalue weighted by Crippen LogP contribution is -2.07. The topological polar surface area (TPSA) is 77.3 Å². The average molecular weight is 312 g/mol. The first-order valence-corrected chi connectivity index (χ1v) is 7.64. The van der Waals surface area contributed by atoms with Crippen molar-refractivity contribution in [2.24, 2.45) is 0 Å². The van der Waals surface area contributed by atoms with E-state index in [1.165, 1.54) is 30.3 Å². The van der Waals surface area contributed by atoms with Crippen LogP contribution in [0.25, 0.3) is 0 Å². The van der Waals surface area contributed by atoms with E-state index >= 15 is 0 Å². The van der Waals surface area contributed by atoms with Gasteiger partial charge in [-0.1, -0.05) is 41.9 Å². The summed E-state index contributed by atoms with van der Waals surface area (Å²) in [5, 5.41) is 10.9. The van der Waals surface area contributed by atoms with Crippen LogP contribution in [0.3, 0.4) is 0 Å². The molecule has 0 saturated heterocycles. The summed E-state index contributed by atoms with van der Waals surface area (Å²) in [5.74, 6) is -0.464. The molecule has 0 atom stereocenters. The Bertz CT molecular complexity index is 744. The molecule has 2 aromatic rings. The van der Waals surface area contributed by atoms with Crippen molar-refractivity contribution in [3.05, 3.63) is 69.2 Å². The van der Waals surface area contributed by atoms with Gasteiger partial charge < -0.3 is 0 Å². The number of sulfone groups is 1. The summed E-state index contributed by atoms with van der Waals surface area (Å²) in [6.07, 6.45) is 0. The van der Waals surface area contributed by atoms with Gasteiger partial charge in [-0.25, -0.2) is 8.42 Å². The van der Waals surface area contributed by atoms with Gasteiger partial charge in [-0.05, 0) is 18.2 Å². The number of hydrogen-bond donors (Lipinski definition) is 0. The van der Waals surface area contributed by atoms with Gasteiger partial charge in [0, 0.05) is 5.56 Å². The number of rotatable bonds is 4. The molecule has 0 aliphatic carbocycles. The lowest BCUT2D eigenvalue weighted by Gasteiger charge is -2.06. The summed E-state index contributed by atoms with van der Waals surface area (Å²) in [6, 6.07) is 12.0. The molecule has 0 unspecified atom stereocenters. The van der Waals surface area contributed by atoms with Crippen molar-refractivity contribution in [3.8, 4) is 0 Å². The zero-order valence-electron chi connectivity index (χ0n) is 10.2. The maximum atomic E-state index is 12.2. The van der Waals surface area contributed by atoms with Gasteiger partial charge >= 0.3 is 0 Å². The molecule has 0 amide bonds. The van der Waals surface area contributed by atoms with Crippen molar-refractivity contribution in [1.29, 1.82) is 0 Å². The molecule has 2 aromatic carbocycles. The SMILES string of the molecule is O=[N+]([O-])c1c(Cl)cccc1CS(=O)(=O)c1ccccc1. The second kappa shape index (κ2) is 5.60. The Labute approximate surface area is 120 Å². The Morgan fingerprint density at radius 2 is 1.70 bits per heavy atom. The molecule has 0 aliphatic rings. The van der Waals surface area contributed by atoms with E-state index in [4.69, 9.17) is 11.6 Å². The van der Waals surface area contributed by atoms with Crippen LogP contribution in [-0.2, 0) is 15.6 Å². The zero-order chi connectivity index (χ0) is 14.8. The van der Waals surface area contributed by atoms with Crippen LogP contribution in [0, 0.1) is 10.1 Å². The smallest absolute Gasteiger partial charge is 0.258 e. The Hall–Kier alpha value is -1.92. The predicted molar refractivity (Wildman–Crippen MR) is 75.4 cm³/mol. The molecule has 0 spiro atoms. The molecule has 0 aromatic heterocycles. The molecule has 104 valence electrons. The number of para-hydroxylation sites is 1. The molecule has 2 rings (SSSR count). The molecule has 0 aliphatic heterocycles. The Morgan fingerprint density at radius 1 is 1.05 bits per heavy atom. The molecule has 0 saturated carbocycles. The van der Waals surface area contributed by atoms with Crippen LogP contribution in [-0.4, -0.2) is 13.3 Å². The summed E-state index contributed by atoms with van der Waals surface area (Å²) in [5.41, 5.74) is -0.292. The molecule has 7 heteroatoms. The van der Waals surface area contributed by atoms with E-state index in [2.05, 4.69) is 0 Å². The first-order chi connectivity index (χ1) is 9.42. The van der Waals surface area contributed by atoms with Crippen LogP contribution in [0.1, 0.15) is 5.56 Å². The fraction of sp³-hybridized carbons (Fsp3) is 0.0769. The minimum Gasteiger partial charge on any atom is -0.258 e. The van der Waals surface area contributed by atoms with Crippen LogP contribution >= 0.6 is 11.6 Å². The van der Waals surface area contributed by atoms with E-state index in [9.17, 15) is 18.5 Å². The summed E-state index contributed by atoms with van der Waals surface area (Å²) in [7, 11) is -3.65. The van der Waals surface area contributed by atoms with Gasteiger partial charge in [0.25, 0.3) is 5.69 Å². The van der Waals surface area contributed by atoms with Crippen LogP contribution in [0.15, 0.2) is 53.4 Å². The minimum absolute atomic E-state index is 0.0734. The number of nitrogens with zero attached hydrogens (tertiary/aromatic N) is 1. The second-order valence-corrected chi connectivity index (χ2v) is 6.47. The number of nitro benzene ring substituents is 1. The molecule has 20 heavy (non-hydrogen) atoms. The molecule has 0 bridgehead atoms. The van der Waals surface area contributed by atoms with Crippen LogP contribution in [0.5, 0.6) is 0 Å². The van der Waals surface area contributed by atoms with Crippen LogP contribution < -0.4 is 0 Å². The van der Waals surface area contributed by atoms with E-state index in [0.29, 0.717) is 0 Å². The highest BCUT2D eigenvalue weighted by Crippen LogP contribution is 2.30. The fourth-order valence-electron chi connectivity index (χ4n) is 1.80. The summed E-state index contributed by atoms with van der Waals surface area (Å²) >= 11 is 5.76. The van der Waals surface area contributed by atoms with Crippen molar-refractivity contribution in [2.45, 2.75) is 10.6 Å². The van der Waals surface area contributed by atoms with Gasteiger partial charge in [0.15, 0.2) is 9.84 Å². The van der Waals surface area contributed by atoms with Gasteiger partial charge in [-0.3, -0.25) is 10.1 Å². The highest BCUT2D eigenvalue weighted by Gasteiger charge is 2.24. The maximum absolute atomic E-state index is 12.2. The first kappa shape index (κ1) is 14.5. The monoisotopic (exact) mass is 311 g/mol. The maximum Gasteiger partial charge on any atom is 0.292 e. The zero-order valence-corrected chi connectivity index (χ0v) is 11.8. The van der Waals surface area contributed by atoms with Crippen molar-refractivity contribution in [3.63, 3.8) is 0 Å². The van der Waals surface area contributed by atoms with Crippen LogP contribution in [0.2, 0.25) is 5.02 Å². The van der Waals surface area contributed by atoms with Gasteiger partial charge in [0.2, 0.25) is 0 Å². The van der Waals surface area contributed by atoms with E-state index in [1.807, 2.05) is 0 Å². The summed E-state index contributed by atoms with van der Waals surface area (Å²) < 4.78 is 24.4. The summed E-state index contributed by atoms with van der Waals surface area (Å²) in [4.78, 5) is 10.4. The quantitative estimate of drug-likeness (QED) is 0.641. The molecule has 0 N–H and O–H groups in total. The largest absolute Gasteiger partial charge is 0.292 e. The second-order valence-electron chi connectivity index (χ2n) is 4.08. The van der Waals surface area contributed by atoms with Crippen LogP contribution in [0.4, 0.5) is 5.69 Å². The van der Waals surface area contributed by atoms with Gasteiger partial charge in [-0.15, -0.1) is 0 Å². The third-order valence-electron chi connectivity index (χ3n) is 2.70. The molecular formula is C13H10ClNO4S. The highest BCUT2D eigenvalue weighted by molar-refractivity contribution is 7.90. The fourth-order valence-corrected chi connectivity index (χ4v) is 3.44. The Balaban J connectivity index is 2.46. The number of hydrogen-bond acceptors (Lipinski definition) is 4. The van der Waals surface area contributed by atoms with Crippen molar-refractivity contribution >= 4 is 27.1 Å². The highest BCUT2D eigenvalue weighted by atomic mass is 35.5. The van der Waals surface area contributed by atoms with Gasteiger partial charge in [0.05, 0.1) is 15.6 Å². The van der Waals surface area contributed by atoms with E-state index in [1.54, 1.807) is 18.2 Å². The standard InChI is InChI=1S/C13H10ClNO4S/c14-12-8-4-5-10(13(12)15(16)17)9-20(18,19)11-6-2-1-3-7-11/h1-8H,9H2. The summed E-state index contributed by atoms with van der Waals surface area (Å²) in [6.45, 7) is 0. The lowest BCUT2D eigenvalue weighted by atomic mass is 10.2. The number of benzene rings is 2. The molecule has 5 nitrogen and oxygen atoms in total. The van der Waals surface area contributed by atoms with E-state index < -0.39 is 20.5 Å². The average Bonchev–Trinajstić information content (AvgIpc) is 2.39. The van der Waals surface area contributed by atoms with Crippen molar-refractivity contribution < 1.29 is 13.3 Å².